The summed E-state index contributed by atoms with van der Waals surface area (Å²) in [5.41, 5.74) is 3.66. The quantitative estimate of drug-likeness (QED) is 0.0398. The first-order chi connectivity index (χ1) is 27.9. The zero-order valence-electron chi connectivity index (χ0n) is 33.5. The summed E-state index contributed by atoms with van der Waals surface area (Å²) in [4.78, 5) is 54.1. The molecule has 0 spiro atoms. The zero-order valence-corrected chi connectivity index (χ0v) is 34.3. The van der Waals surface area contributed by atoms with Gasteiger partial charge in [0.15, 0.2) is 11.6 Å². The number of esters is 4. The van der Waals surface area contributed by atoms with E-state index in [1.54, 1.807) is 63.3 Å². The maximum atomic E-state index is 13.2. The van der Waals surface area contributed by atoms with Crippen LogP contribution in [-0.2, 0) is 38.1 Å². The fourth-order valence-corrected chi connectivity index (χ4v) is 4.45. The molecular formula is C45H47ClF3NO10. The number of rotatable bonds is 9. The number of carbonyl (C=O) groups excluding carboxylic acids is 4. The standard InChI is InChI=1S/C11H11ClO2.C11H9F3O2.C11H11NO4.C11H12O2.CH4/c1-8(11(13)14-2)7-9-3-5-10(12)6-4-9;1-6(11(15)16-2)5-7-8(12)3-4-9(13)10(7)14;1-8(11(13)16-2)7-9-3-5-10(6-4-9)12(14)15;1-9(11(12)13-2)8-10-6-4-3-5-7-10;/h3-7H,1-2H3;3-5H,1-2H3;3-7H,1-2H3;3-8H,1-2H3;1H4/b8-7-;6-5-;8-7-;9-8-;. The minimum Gasteiger partial charge on any atom is -0.466 e. The molecule has 11 nitrogen and oxygen atoms in total. The van der Waals surface area contributed by atoms with Gasteiger partial charge in [-0.1, -0.05) is 61.5 Å². The molecule has 0 saturated heterocycles. The Hall–Kier alpha value is -6.80. The fraction of sp³-hybridized carbons (Fsp3) is 0.200. The number of methoxy groups -OCH3 is 4. The van der Waals surface area contributed by atoms with Gasteiger partial charge < -0.3 is 18.9 Å². The zero-order chi connectivity index (χ0) is 44.7. The predicted molar refractivity (Wildman–Crippen MR) is 227 cm³/mol. The SMILES string of the molecule is C.COC(=O)/C(C)=C\c1c(F)ccc(F)c1F.COC(=O)/C(C)=C\c1ccc(Cl)cc1.COC(=O)/C(C)=C\c1ccc([N+](=O)[O-])cc1.COC(=O)/C(C)=C\c1ccccc1. The van der Waals surface area contributed by atoms with Crippen LogP contribution in [0.1, 0.15) is 57.4 Å². The molecular weight excluding hydrogens is 807 g/mol. The Labute approximate surface area is 352 Å². The number of hydrogen-bond acceptors (Lipinski definition) is 10. The summed E-state index contributed by atoms with van der Waals surface area (Å²) in [7, 11) is 5.18. The molecule has 0 N–H and O–H groups in total. The summed E-state index contributed by atoms with van der Waals surface area (Å²) in [6.45, 7) is 6.38. The monoisotopic (exact) mass is 853 g/mol. The average molecular weight is 854 g/mol. The van der Waals surface area contributed by atoms with Crippen molar-refractivity contribution in [2.24, 2.45) is 0 Å². The molecule has 0 aliphatic heterocycles. The Bertz CT molecular complexity index is 2180. The number of halogens is 4. The van der Waals surface area contributed by atoms with Crippen LogP contribution in [0.15, 0.2) is 113 Å². The van der Waals surface area contributed by atoms with Gasteiger partial charge in [-0.2, -0.15) is 0 Å². The molecule has 0 saturated carbocycles. The summed E-state index contributed by atoms with van der Waals surface area (Å²) >= 11 is 5.73. The van der Waals surface area contributed by atoms with Gasteiger partial charge in [0.1, 0.15) is 5.82 Å². The van der Waals surface area contributed by atoms with Crippen LogP contribution in [-0.4, -0.2) is 57.2 Å². The van der Waals surface area contributed by atoms with E-state index in [1.807, 2.05) is 42.5 Å². The summed E-state index contributed by atoms with van der Waals surface area (Å²) in [6, 6.07) is 24.3. The van der Waals surface area contributed by atoms with Crippen LogP contribution >= 0.6 is 11.6 Å². The third-order valence-electron chi connectivity index (χ3n) is 7.39. The van der Waals surface area contributed by atoms with Gasteiger partial charge in [-0.05, 0) is 105 Å². The number of non-ortho nitro benzene ring substituents is 1. The molecule has 0 aliphatic carbocycles. The van der Waals surface area contributed by atoms with Gasteiger partial charge in [0, 0.05) is 45.0 Å². The Morgan fingerprint density at radius 1 is 0.533 bits per heavy atom. The molecule has 60 heavy (non-hydrogen) atoms. The van der Waals surface area contributed by atoms with E-state index in [4.69, 9.17) is 11.6 Å². The topological polar surface area (TPSA) is 148 Å². The van der Waals surface area contributed by atoms with Crippen molar-refractivity contribution >= 4 is 65.5 Å². The molecule has 15 heteroatoms. The van der Waals surface area contributed by atoms with Crippen molar-refractivity contribution in [3.63, 3.8) is 0 Å². The second-order valence-electron chi connectivity index (χ2n) is 11.8. The first-order valence-electron chi connectivity index (χ1n) is 17.1. The van der Waals surface area contributed by atoms with Crippen molar-refractivity contribution in [2.75, 3.05) is 28.4 Å². The summed E-state index contributed by atoms with van der Waals surface area (Å²) < 4.78 is 57.2. The summed E-state index contributed by atoms with van der Waals surface area (Å²) in [6.07, 6.45) is 6.06. The first-order valence-corrected chi connectivity index (χ1v) is 17.5. The van der Waals surface area contributed by atoms with E-state index in [1.165, 1.54) is 40.4 Å². The highest BCUT2D eigenvalue weighted by Gasteiger charge is 2.14. The van der Waals surface area contributed by atoms with Gasteiger partial charge in [0.25, 0.3) is 5.69 Å². The molecule has 0 heterocycles. The Morgan fingerprint density at radius 3 is 1.23 bits per heavy atom. The van der Waals surface area contributed by atoms with E-state index >= 15 is 0 Å². The molecule has 4 aromatic rings. The molecule has 320 valence electrons. The number of ether oxygens (including phenoxy) is 4. The second-order valence-corrected chi connectivity index (χ2v) is 12.3. The molecule has 0 unspecified atom stereocenters. The van der Waals surface area contributed by atoms with Crippen LogP contribution in [0, 0.1) is 27.6 Å². The predicted octanol–water partition coefficient (Wildman–Crippen LogP) is 10.7. The van der Waals surface area contributed by atoms with E-state index in [-0.39, 0.29) is 30.6 Å². The Morgan fingerprint density at radius 2 is 0.867 bits per heavy atom. The van der Waals surface area contributed by atoms with Crippen molar-refractivity contribution in [3.8, 4) is 0 Å². The highest BCUT2D eigenvalue weighted by Crippen LogP contribution is 2.19. The molecule has 4 aromatic carbocycles. The fourth-order valence-electron chi connectivity index (χ4n) is 4.32. The number of hydrogen-bond donors (Lipinski definition) is 0. The second kappa shape index (κ2) is 27.8. The van der Waals surface area contributed by atoms with Gasteiger partial charge in [-0.15, -0.1) is 0 Å². The van der Waals surface area contributed by atoms with E-state index in [2.05, 4.69) is 18.9 Å². The van der Waals surface area contributed by atoms with Crippen molar-refractivity contribution in [1.82, 2.24) is 0 Å². The maximum Gasteiger partial charge on any atom is 0.333 e. The molecule has 4 rings (SSSR count). The molecule has 0 amide bonds. The largest absolute Gasteiger partial charge is 0.466 e. The lowest BCUT2D eigenvalue weighted by atomic mass is 10.1. The van der Waals surface area contributed by atoms with Crippen LogP contribution < -0.4 is 0 Å². The van der Waals surface area contributed by atoms with Crippen LogP contribution in [0.2, 0.25) is 5.02 Å². The van der Waals surface area contributed by atoms with Gasteiger partial charge in [0.2, 0.25) is 0 Å². The van der Waals surface area contributed by atoms with E-state index < -0.39 is 39.9 Å². The third-order valence-corrected chi connectivity index (χ3v) is 7.64. The number of nitro groups is 1. The molecule has 0 radical (unpaired) electrons. The van der Waals surface area contributed by atoms with Crippen LogP contribution in [0.3, 0.4) is 0 Å². The minimum atomic E-state index is -1.33. The molecule has 0 aliphatic rings. The maximum absolute atomic E-state index is 13.2. The lowest BCUT2D eigenvalue weighted by molar-refractivity contribution is -0.384. The lowest BCUT2D eigenvalue weighted by Crippen LogP contribution is -2.02. The first kappa shape index (κ1) is 53.2. The normalized spacial score (nSPS) is 11.0. The minimum absolute atomic E-state index is 0. The summed E-state index contributed by atoms with van der Waals surface area (Å²) in [5, 5.41) is 11.1. The Balaban J connectivity index is 0.000000772. The van der Waals surface area contributed by atoms with Crippen LogP contribution in [0.25, 0.3) is 24.3 Å². The van der Waals surface area contributed by atoms with Crippen molar-refractivity contribution in [3.05, 3.63) is 168 Å². The lowest BCUT2D eigenvalue weighted by Gasteiger charge is -2.02. The molecule has 0 aromatic heterocycles. The molecule has 0 atom stereocenters. The van der Waals surface area contributed by atoms with Crippen molar-refractivity contribution in [2.45, 2.75) is 35.1 Å². The van der Waals surface area contributed by atoms with Gasteiger partial charge in [0.05, 0.1) is 33.4 Å². The molecule has 0 bridgehead atoms. The van der Waals surface area contributed by atoms with E-state index in [0.29, 0.717) is 33.4 Å². The highest BCUT2D eigenvalue weighted by molar-refractivity contribution is 6.30. The van der Waals surface area contributed by atoms with Crippen molar-refractivity contribution in [1.29, 1.82) is 0 Å². The third kappa shape index (κ3) is 19.1. The number of carbonyl (C=O) groups is 4. The number of nitro benzene ring substituents is 1. The van der Waals surface area contributed by atoms with Gasteiger partial charge >= 0.3 is 23.9 Å². The van der Waals surface area contributed by atoms with Gasteiger partial charge in [-0.25, -0.2) is 32.3 Å². The highest BCUT2D eigenvalue weighted by atomic mass is 35.5. The van der Waals surface area contributed by atoms with Crippen LogP contribution in [0.5, 0.6) is 0 Å². The number of benzene rings is 4. The Kier molecular flexibility index (Phi) is 24.6. The number of nitrogens with zero attached hydrogens (tertiary/aromatic N) is 1. The van der Waals surface area contributed by atoms with Gasteiger partial charge in [-0.3, -0.25) is 10.1 Å². The van der Waals surface area contributed by atoms with E-state index in [0.717, 1.165) is 30.4 Å². The molecule has 0 fully saturated rings. The average Bonchev–Trinajstić information content (AvgIpc) is 3.24. The summed E-state index contributed by atoms with van der Waals surface area (Å²) in [5.74, 6) is -5.21. The smallest absolute Gasteiger partial charge is 0.333 e. The van der Waals surface area contributed by atoms with Crippen LogP contribution in [0.4, 0.5) is 18.9 Å². The van der Waals surface area contributed by atoms with Crippen molar-refractivity contribution < 1.29 is 56.2 Å². The van der Waals surface area contributed by atoms with E-state index in [9.17, 15) is 42.5 Å².